The molecule has 1 heterocycles. The molecule has 2 amide bonds. The zero-order valence-corrected chi connectivity index (χ0v) is 16.7. The fourth-order valence-corrected chi connectivity index (χ4v) is 4.55. The smallest absolute Gasteiger partial charge is 0.251 e. The van der Waals surface area contributed by atoms with Crippen molar-refractivity contribution in [3.05, 3.63) is 35.9 Å². The van der Waals surface area contributed by atoms with E-state index in [0.29, 0.717) is 11.5 Å². The molecule has 0 unspecified atom stereocenters. The van der Waals surface area contributed by atoms with Gasteiger partial charge >= 0.3 is 0 Å². The number of carbonyl (C=O) groups excluding carboxylic acids is 2. The molecular formula is C23H34N2O2. The van der Waals surface area contributed by atoms with Crippen LogP contribution in [0.25, 0.3) is 0 Å². The van der Waals surface area contributed by atoms with E-state index in [4.69, 9.17) is 0 Å². The minimum Gasteiger partial charge on any atom is -0.349 e. The summed E-state index contributed by atoms with van der Waals surface area (Å²) < 4.78 is 0. The summed E-state index contributed by atoms with van der Waals surface area (Å²) in [4.78, 5) is 27.2. The van der Waals surface area contributed by atoms with E-state index < -0.39 is 0 Å². The Morgan fingerprint density at radius 3 is 2.30 bits per heavy atom. The molecule has 0 bridgehead atoms. The van der Waals surface area contributed by atoms with Crippen LogP contribution in [-0.2, 0) is 4.79 Å². The molecule has 4 nitrogen and oxygen atoms in total. The number of nitrogens with zero attached hydrogens (tertiary/aromatic N) is 1. The Hall–Kier alpha value is -1.84. The lowest BCUT2D eigenvalue weighted by atomic mass is 9.79. The lowest BCUT2D eigenvalue weighted by molar-refractivity contribution is -0.138. The largest absolute Gasteiger partial charge is 0.349 e. The Balaban J connectivity index is 1.40. The summed E-state index contributed by atoms with van der Waals surface area (Å²) in [5, 5.41) is 3.12. The third-order valence-corrected chi connectivity index (χ3v) is 6.34. The zero-order valence-electron chi connectivity index (χ0n) is 16.7. The van der Waals surface area contributed by atoms with Gasteiger partial charge in [-0.1, -0.05) is 44.4 Å². The van der Waals surface area contributed by atoms with Gasteiger partial charge in [0.05, 0.1) is 0 Å². The zero-order chi connectivity index (χ0) is 19.1. The second kappa shape index (κ2) is 9.91. The minimum atomic E-state index is -0.00854. The molecule has 4 heteroatoms. The number of hydrogen-bond donors (Lipinski definition) is 1. The van der Waals surface area contributed by atoms with Crippen LogP contribution < -0.4 is 5.32 Å². The average molecular weight is 371 g/mol. The molecule has 0 aromatic heterocycles. The van der Waals surface area contributed by atoms with Gasteiger partial charge in [-0.2, -0.15) is 0 Å². The number of nitrogens with one attached hydrogen (secondary N) is 1. The van der Waals surface area contributed by atoms with Crippen LogP contribution in [0.1, 0.15) is 75.1 Å². The van der Waals surface area contributed by atoms with Gasteiger partial charge in [-0.25, -0.2) is 0 Å². The summed E-state index contributed by atoms with van der Waals surface area (Å²) in [6, 6.07) is 9.53. The molecule has 1 saturated heterocycles. The van der Waals surface area contributed by atoms with Gasteiger partial charge in [0.2, 0.25) is 5.91 Å². The van der Waals surface area contributed by atoms with Crippen LogP contribution in [0.15, 0.2) is 30.3 Å². The van der Waals surface area contributed by atoms with E-state index in [9.17, 15) is 9.59 Å². The Labute approximate surface area is 163 Å². The summed E-state index contributed by atoms with van der Waals surface area (Å²) in [5.41, 5.74) is 0.704. The summed E-state index contributed by atoms with van der Waals surface area (Å²) in [7, 11) is 0. The highest BCUT2D eigenvalue weighted by atomic mass is 16.2. The van der Waals surface area contributed by atoms with E-state index >= 15 is 0 Å². The van der Waals surface area contributed by atoms with Crippen molar-refractivity contribution in [2.45, 2.75) is 70.8 Å². The number of carbonyl (C=O) groups is 2. The van der Waals surface area contributed by atoms with E-state index in [1.807, 2.05) is 35.2 Å². The van der Waals surface area contributed by atoms with Crippen molar-refractivity contribution in [1.29, 1.82) is 0 Å². The van der Waals surface area contributed by atoms with Gasteiger partial charge in [0, 0.05) is 30.6 Å². The summed E-state index contributed by atoms with van der Waals surface area (Å²) >= 11 is 0. The first-order valence-corrected chi connectivity index (χ1v) is 10.8. The number of benzene rings is 1. The third kappa shape index (κ3) is 5.57. The van der Waals surface area contributed by atoms with Crippen molar-refractivity contribution in [3.8, 4) is 0 Å². The van der Waals surface area contributed by atoms with Gasteiger partial charge < -0.3 is 10.2 Å². The Morgan fingerprint density at radius 1 is 1.00 bits per heavy atom. The van der Waals surface area contributed by atoms with E-state index in [0.717, 1.165) is 44.7 Å². The predicted molar refractivity (Wildman–Crippen MR) is 108 cm³/mol. The number of rotatable bonds is 6. The molecule has 1 aromatic rings. The Kier molecular flexibility index (Phi) is 7.31. The van der Waals surface area contributed by atoms with Crippen molar-refractivity contribution >= 4 is 11.8 Å². The molecule has 1 aliphatic carbocycles. The van der Waals surface area contributed by atoms with Crippen LogP contribution in [0.5, 0.6) is 0 Å². The molecule has 1 aromatic carbocycles. The van der Waals surface area contributed by atoms with E-state index in [-0.39, 0.29) is 17.9 Å². The maximum absolute atomic E-state index is 12.9. The van der Waals surface area contributed by atoms with Gasteiger partial charge in [0.15, 0.2) is 0 Å². The molecule has 1 N–H and O–H groups in total. The second-order valence-corrected chi connectivity index (χ2v) is 8.30. The van der Waals surface area contributed by atoms with Crippen LogP contribution in [0.3, 0.4) is 0 Å². The molecule has 0 atom stereocenters. The van der Waals surface area contributed by atoms with Gasteiger partial charge in [0.25, 0.3) is 5.91 Å². The molecule has 1 saturated carbocycles. The second-order valence-electron chi connectivity index (χ2n) is 8.30. The molecule has 1 aliphatic heterocycles. The Morgan fingerprint density at radius 2 is 1.67 bits per heavy atom. The molecule has 0 spiro atoms. The Bertz CT molecular complexity index is 600. The summed E-state index contributed by atoms with van der Waals surface area (Å²) in [6.45, 7) is 3.80. The SMILES string of the molecule is CCCCC1CCC(C(=O)N2CCC(NC(=O)c3ccccc3)CC2)CC1. The number of piperidine rings is 1. The molecular weight excluding hydrogens is 336 g/mol. The third-order valence-electron chi connectivity index (χ3n) is 6.34. The van der Waals surface area contributed by atoms with Crippen LogP contribution in [0, 0.1) is 11.8 Å². The summed E-state index contributed by atoms with van der Waals surface area (Å²) in [5.74, 6) is 1.42. The van der Waals surface area contributed by atoms with Gasteiger partial charge in [-0.3, -0.25) is 9.59 Å². The molecule has 3 rings (SSSR count). The number of unbranched alkanes of at least 4 members (excludes halogenated alkanes) is 1. The van der Waals surface area contributed by atoms with Gasteiger partial charge in [-0.15, -0.1) is 0 Å². The monoisotopic (exact) mass is 370 g/mol. The number of amides is 2. The topological polar surface area (TPSA) is 49.4 Å². The molecule has 2 fully saturated rings. The fourth-order valence-electron chi connectivity index (χ4n) is 4.55. The average Bonchev–Trinajstić information content (AvgIpc) is 2.73. The van der Waals surface area contributed by atoms with Crippen LogP contribution in [-0.4, -0.2) is 35.8 Å². The first-order chi connectivity index (χ1) is 13.2. The van der Waals surface area contributed by atoms with E-state index in [1.165, 1.54) is 32.1 Å². The van der Waals surface area contributed by atoms with Gasteiger partial charge in [0.1, 0.15) is 0 Å². The summed E-state index contributed by atoms with van der Waals surface area (Å²) in [6.07, 6.45) is 10.2. The van der Waals surface area contributed by atoms with Crippen molar-refractivity contribution < 1.29 is 9.59 Å². The maximum atomic E-state index is 12.9. The highest BCUT2D eigenvalue weighted by Crippen LogP contribution is 2.33. The fraction of sp³-hybridized carbons (Fsp3) is 0.652. The van der Waals surface area contributed by atoms with Crippen LogP contribution in [0.2, 0.25) is 0 Å². The van der Waals surface area contributed by atoms with Crippen molar-refractivity contribution in [1.82, 2.24) is 10.2 Å². The normalized spacial score (nSPS) is 23.8. The number of likely N-dealkylation sites (tertiary alicyclic amines) is 1. The van der Waals surface area contributed by atoms with E-state index in [2.05, 4.69) is 12.2 Å². The lowest BCUT2D eigenvalue weighted by Gasteiger charge is -2.36. The predicted octanol–water partition coefficient (Wildman–Crippen LogP) is 4.40. The quantitative estimate of drug-likeness (QED) is 0.807. The standard InChI is InChI=1S/C23H34N2O2/c1-2-3-7-18-10-12-20(13-11-18)23(27)25-16-14-21(15-17-25)24-22(26)19-8-5-4-6-9-19/h4-6,8-9,18,20-21H,2-3,7,10-17H2,1H3,(H,24,26). The van der Waals surface area contributed by atoms with Crippen molar-refractivity contribution in [3.63, 3.8) is 0 Å². The van der Waals surface area contributed by atoms with Crippen molar-refractivity contribution in [2.24, 2.45) is 11.8 Å². The first-order valence-electron chi connectivity index (χ1n) is 10.8. The molecule has 0 radical (unpaired) electrons. The molecule has 2 aliphatic rings. The highest BCUT2D eigenvalue weighted by molar-refractivity contribution is 5.94. The van der Waals surface area contributed by atoms with Gasteiger partial charge in [-0.05, 0) is 56.6 Å². The van der Waals surface area contributed by atoms with Crippen molar-refractivity contribution in [2.75, 3.05) is 13.1 Å². The highest BCUT2D eigenvalue weighted by Gasteiger charge is 2.31. The molecule has 27 heavy (non-hydrogen) atoms. The number of hydrogen-bond acceptors (Lipinski definition) is 2. The minimum absolute atomic E-state index is 0.00854. The van der Waals surface area contributed by atoms with Crippen LogP contribution in [0.4, 0.5) is 0 Å². The lowest BCUT2D eigenvalue weighted by Crippen LogP contribution is -2.48. The maximum Gasteiger partial charge on any atom is 0.251 e. The first kappa shape index (κ1) is 19.9. The van der Waals surface area contributed by atoms with E-state index in [1.54, 1.807) is 0 Å². The molecule has 148 valence electrons. The van der Waals surface area contributed by atoms with Crippen LogP contribution >= 0.6 is 0 Å².